The number of aliphatic carboxylic acids is 1. The number of nitrogens with zero attached hydrogens (tertiary/aromatic N) is 3. The molecule has 0 aliphatic carbocycles. The Kier molecular flexibility index (Phi) is 7.71. The van der Waals surface area contributed by atoms with Crippen molar-refractivity contribution in [2.24, 2.45) is 5.41 Å². The van der Waals surface area contributed by atoms with Crippen molar-refractivity contribution in [3.8, 4) is 0 Å². The van der Waals surface area contributed by atoms with Crippen LogP contribution in [0.1, 0.15) is 41.6 Å². The number of fused-ring (bicyclic) bond motifs is 3. The Balaban J connectivity index is 0.000000426. The molecule has 2 aromatic carbocycles. The van der Waals surface area contributed by atoms with E-state index >= 15 is 0 Å². The Labute approximate surface area is 219 Å². The van der Waals surface area contributed by atoms with E-state index in [1.165, 1.54) is 5.56 Å². The molecule has 204 valence electrons. The first-order valence-electron chi connectivity index (χ1n) is 12.7. The first kappa shape index (κ1) is 27.5. The molecular weight excluding hydrogens is 499 g/mol. The second kappa shape index (κ2) is 10.7. The number of hydrogen-bond donors (Lipinski definition) is 1. The van der Waals surface area contributed by atoms with Crippen LogP contribution in [-0.2, 0) is 16.0 Å². The molecule has 1 spiro atoms. The number of benzene rings is 2. The van der Waals surface area contributed by atoms with Gasteiger partial charge in [-0.1, -0.05) is 36.4 Å². The Bertz CT molecular complexity index is 1190. The molecule has 7 nitrogen and oxygen atoms in total. The molecular formula is C28H32F3N3O4. The number of rotatable bonds is 5. The molecule has 5 rings (SSSR count). The molecule has 3 unspecified atom stereocenters. The first-order valence-corrected chi connectivity index (χ1v) is 12.7. The van der Waals surface area contributed by atoms with E-state index in [4.69, 9.17) is 9.90 Å². The van der Waals surface area contributed by atoms with Crippen LogP contribution in [0.25, 0.3) is 0 Å². The molecule has 38 heavy (non-hydrogen) atoms. The molecule has 3 heterocycles. The zero-order valence-corrected chi connectivity index (χ0v) is 21.4. The number of carbonyl (C=O) groups excluding carboxylic acids is 2. The van der Waals surface area contributed by atoms with Crippen LogP contribution in [0.15, 0.2) is 54.6 Å². The van der Waals surface area contributed by atoms with Gasteiger partial charge in [-0.15, -0.1) is 0 Å². The van der Waals surface area contributed by atoms with Gasteiger partial charge in [0.1, 0.15) is 0 Å². The molecule has 3 aliphatic heterocycles. The quantitative estimate of drug-likeness (QED) is 0.625. The number of halogens is 3. The summed E-state index contributed by atoms with van der Waals surface area (Å²) in [5, 5.41) is 7.12. The molecule has 1 N–H and O–H groups in total. The van der Waals surface area contributed by atoms with Crippen molar-refractivity contribution in [3.05, 3.63) is 65.7 Å². The average Bonchev–Trinajstić information content (AvgIpc) is 3.54. The van der Waals surface area contributed by atoms with Gasteiger partial charge >= 0.3 is 12.1 Å². The standard InChI is InChI=1S/C26H31N3O2.C2HF3O2/c1-27(2)21-10-6-9-20(17-21)24(30)29-22-11-12-23(29)26(18-22)14-16-28(25(26)31)15-13-19-7-4-3-5-8-19;3-2(4,5)1(6)7/h3-10,17,22-23H,11-16,18H2,1-2H3;(H,6,7). The summed E-state index contributed by atoms with van der Waals surface area (Å²) in [4.78, 5) is 42.1. The van der Waals surface area contributed by atoms with Gasteiger partial charge in [-0.25, -0.2) is 4.79 Å². The van der Waals surface area contributed by atoms with Crippen LogP contribution in [0, 0.1) is 5.41 Å². The number of carbonyl (C=O) groups is 3. The number of anilines is 1. The van der Waals surface area contributed by atoms with Crippen molar-refractivity contribution in [2.45, 2.75) is 50.4 Å². The highest BCUT2D eigenvalue weighted by Crippen LogP contribution is 2.55. The van der Waals surface area contributed by atoms with Crippen molar-refractivity contribution in [1.29, 1.82) is 0 Å². The Morgan fingerprint density at radius 1 is 1.08 bits per heavy atom. The van der Waals surface area contributed by atoms with Gasteiger partial charge < -0.3 is 19.8 Å². The van der Waals surface area contributed by atoms with Gasteiger partial charge in [0.2, 0.25) is 5.91 Å². The minimum atomic E-state index is -5.08. The fourth-order valence-electron chi connectivity index (χ4n) is 6.03. The monoisotopic (exact) mass is 531 g/mol. The SMILES string of the molecule is CN(C)c1cccc(C(=O)N2C3CCC2C2(CCN(CCc4ccccc4)C2=O)C3)c1.O=C(O)C(F)(F)F. The van der Waals surface area contributed by atoms with E-state index in [-0.39, 0.29) is 29.3 Å². The fraction of sp³-hybridized carbons (Fsp3) is 0.464. The smallest absolute Gasteiger partial charge is 0.475 e. The zero-order valence-electron chi connectivity index (χ0n) is 21.4. The lowest BCUT2D eigenvalue weighted by Crippen LogP contribution is -2.45. The molecule has 2 aromatic rings. The van der Waals surface area contributed by atoms with E-state index in [0.29, 0.717) is 0 Å². The maximum Gasteiger partial charge on any atom is 0.490 e. The van der Waals surface area contributed by atoms with Crippen LogP contribution in [-0.4, -0.2) is 78.1 Å². The minimum absolute atomic E-state index is 0.0437. The maximum atomic E-state index is 13.6. The third kappa shape index (κ3) is 5.35. The van der Waals surface area contributed by atoms with Gasteiger partial charge in [-0.05, 0) is 55.9 Å². The zero-order chi connectivity index (χ0) is 27.7. The predicted octanol–water partition coefficient (Wildman–Crippen LogP) is 4.22. The summed E-state index contributed by atoms with van der Waals surface area (Å²) in [6.45, 7) is 1.58. The summed E-state index contributed by atoms with van der Waals surface area (Å²) in [7, 11) is 3.97. The Morgan fingerprint density at radius 2 is 1.76 bits per heavy atom. The molecule has 0 radical (unpaired) electrons. The highest BCUT2D eigenvalue weighted by Gasteiger charge is 2.63. The van der Waals surface area contributed by atoms with Crippen LogP contribution < -0.4 is 4.90 Å². The maximum absolute atomic E-state index is 13.6. The van der Waals surface area contributed by atoms with E-state index in [2.05, 4.69) is 17.0 Å². The number of carboxylic acid groups (broad SMARTS) is 1. The number of hydrogen-bond acceptors (Lipinski definition) is 4. The van der Waals surface area contributed by atoms with Crippen LogP contribution >= 0.6 is 0 Å². The van der Waals surface area contributed by atoms with Crippen LogP contribution in [0.5, 0.6) is 0 Å². The largest absolute Gasteiger partial charge is 0.490 e. The van der Waals surface area contributed by atoms with E-state index in [0.717, 1.165) is 56.4 Å². The topological polar surface area (TPSA) is 81.2 Å². The molecule has 0 saturated carbocycles. The lowest BCUT2D eigenvalue weighted by molar-refractivity contribution is -0.192. The lowest BCUT2D eigenvalue weighted by atomic mass is 9.72. The summed E-state index contributed by atoms with van der Waals surface area (Å²) >= 11 is 0. The molecule has 3 fully saturated rings. The molecule has 2 amide bonds. The van der Waals surface area contributed by atoms with Gasteiger partial charge in [0.15, 0.2) is 0 Å². The van der Waals surface area contributed by atoms with Crippen molar-refractivity contribution in [2.75, 3.05) is 32.1 Å². The van der Waals surface area contributed by atoms with E-state index < -0.39 is 12.1 Å². The van der Waals surface area contributed by atoms with E-state index in [9.17, 15) is 22.8 Å². The van der Waals surface area contributed by atoms with Gasteiger partial charge in [0, 0.05) is 50.5 Å². The first-order chi connectivity index (χ1) is 17.9. The normalized spacial score (nSPS) is 24.0. The van der Waals surface area contributed by atoms with Crippen molar-refractivity contribution in [1.82, 2.24) is 9.80 Å². The Hall–Kier alpha value is -3.56. The highest BCUT2D eigenvalue weighted by atomic mass is 19.4. The highest BCUT2D eigenvalue weighted by molar-refractivity contribution is 5.97. The molecule has 0 aromatic heterocycles. The van der Waals surface area contributed by atoms with Gasteiger partial charge in [-0.3, -0.25) is 9.59 Å². The summed E-state index contributed by atoms with van der Waals surface area (Å²) in [6, 6.07) is 18.4. The molecule has 3 saturated heterocycles. The number of alkyl halides is 3. The number of amides is 2. The summed E-state index contributed by atoms with van der Waals surface area (Å²) < 4.78 is 31.7. The van der Waals surface area contributed by atoms with Gasteiger partial charge in [0.25, 0.3) is 5.91 Å². The third-order valence-corrected chi connectivity index (χ3v) is 7.88. The second-order valence-electron chi connectivity index (χ2n) is 10.3. The molecule has 3 aliphatic rings. The molecule has 10 heteroatoms. The molecule has 3 atom stereocenters. The van der Waals surface area contributed by atoms with Crippen molar-refractivity contribution >= 4 is 23.5 Å². The Morgan fingerprint density at radius 3 is 2.39 bits per heavy atom. The summed E-state index contributed by atoms with van der Waals surface area (Å²) in [5.74, 6) is -2.40. The lowest BCUT2D eigenvalue weighted by Gasteiger charge is -2.32. The molecule has 2 bridgehead atoms. The van der Waals surface area contributed by atoms with Gasteiger partial charge in [0.05, 0.1) is 5.41 Å². The second-order valence-corrected chi connectivity index (χ2v) is 10.3. The van der Waals surface area contributed by atoms with E-state index in [1.54, 1.807) is 0 Å². The van der Waals surface area contributed by atoms with Crippen LogP contribution in [0.2, 0.25) is 0 Å². The summed E-state index contributed by atoms with van der Waals surface area (Å²) in [5.41, 5.74) is 2.65. The van der Waals surface area contributed by atoms with Crippen LogP contribution in [0.3, 0.4) is 0 Å². The van der Waals surface area contributed by atoms with Crippen LogP contribution in [0.4, 0.5) is 18.9 Å². The van der Waals surface area contributed by atoms with Crippen molar-refractivity contribution < 1.29 is 32.7 Å². The van der Waals surface area contributed by atoms with Gasteiger partial charge in [-0.2, -0.15) is 13.2 Å². The average molecular weight is 532 g/mol. The fourth-order valence-corrected chi connectivity index (χ4v) is 6.03. The summed E-state index contributed by atoms with van der Waals surface area (Å²) in [6.07, 6.45) is -0.525. The third-order valence-electron chi connectivity index (χ3n) is 7.88. The number of likely N-dealkylation sites (tertiary alicyclic amines) is 1. The number of carboxylic acids is 1. The minimum Gasteiger partial charge on any atom is -0.475 e. The van der Waals surface area contributed by atoms with E-state index in [1.807, 2.05) is 66.4 Å². The predicted molar refractivity (Wildman–Crippen MR) is 136 cm³/mol. The van der Waals surface area contributed by atoms with Crippen molar-refractivity contribution in [3.63, 3.8) is 0 Å².